The highest BCUT2D eigenvalue weighted by Gasteiger charge is 2.48. The fraction of sp³-hybridized carbons (Fsp3) is 0.636. The highest BCUT2D eigenvalue weighted by atomic mass is 127. The van der Waals surface area contributed by atoms with Crippen molar-refractivity contribution in [1.29, 1.82) is 0 Å². The highest BCUT2D eigenvalue weighted by Crippen LogP contribution is 2.60. The smallest absolute Gasteiger partial charge is 0.339 e. The van der Waals surface area contributed by atoms with Crippen molar-refractivity contribution in [3.8, 4) is 5.75 Å². The van der Waals surface area contributed by atoms with Crippen LogP contribution in [0.15, 0.2) is 34.1 Å². The Labute approximate surface area is 282 Å². The van der Waals surface area contributed by atoms with Gasteiger partial charge in [-0.2, -0.15) is 16.8 Å². The summed E-state index contributed by atoms with van der Waals surface area (Å²) in [5, 5.41) is 0. The fourth-order valence-electron chi connectivity index (χ4n) is 10.7. The molecule has 0 radical (unpaired) electrons. The van der Waals surface area contributed by atoms with Gasteiger partial charge in [-0.15, -0.1) is 0 Å². The Bertz CT molecular complexity index is 1630. The number of rotatable bonds is 7. The largest absolute Gasteiger partial charge is 0.379 e. The molecule has 6 saturated carbocycles. The zero-order valence-electron chi connectivity index (χ0n) is 24.1. The van der Waals surface area contributed by atoms with E-state index >= 15 is 0 Å². The quantitative estimate of drug-likeness (QED) is 0.170. The molecule has 6 aliphatic carbocycles. The van der Waals surface area contributed by atoms with Gasteiger partial charge >= 0.3 is 10.1 Å². The van der Waals surface area contributed by atoms with Crippen molar-refractivity contribution in [1.82, 2.24) is 0 Å². The van der Waals surface area contributed by atoms with Crippen molar-refractivity contribution in [3.05, 3.63) is 48.1 Å². The van der Waals surface area contributed by atoms with E-state index < -0.39 is 20.2 Å². The Morgan fingerprint density at radius 1 is 0.605 bits per heavy atom. The maximum atomic E-state index is 14.6. The molecule has 9 unspecified atom stereocenters. The molecule has 43 heavy (non-hydrogen) atoms. The molecule has 6 aliphatic rings. The summed E-state index contributed by atoms with van der Waals surface area (Å²) in [7, 11) is -8.69. The van der Waals surface area contributed by atoms with Gasteiger partial charge in [-0.05, 0) is 185 Å². The Hall–Kier alpha value is -0.440. The highest BCUT2D eigenvalue weighted by molar-refractivity contribution is 14.1. The summed E-state index contributed by atoms with van der Waals surface area (Å²) < 4.78 is 69.4. The maximum Gasteiger partial charge on any atom is 0.339 e. The van der Waals surface area contributed by atoms with Crippen LogP contribution in [-0.4, -0.2) is 21.4 Å². The van der Waals surface area contributed by atoms with E-state index in [1.807, 2.05) is 45.2 Å². The third kappa shape index (κ3) is 5.23. The Morgan fingerprint density at radius 2 is 1.05 bits per heavy atom. The molecule has 232 valence electrons. The minimum atomic E-state index is -4.46. The molecule has 10 heteroatoms. The SMILES string of the molecule is O=S(=O)(O)c1c(I)cc(OS(=O)(=O)c2c(C3CC4CCC3C4)cc(C3CC4CCC3C4)cc2C2CC3CCC2C3)cc1I. The van der Waals surface area contributed by atoms with E-state index in [2.05, 4.69) is 12.1 Å². The molecule has 6 nitrogen and oxygen atoms in total. The van der Waals surface area contributed by atoms with Gasteiger partial charge in [-0.3, -0.25) is 4.55 Å². The van der Waals surface area contributed by atoms with E-state index in [9.17, 15) is 21.4 Å². The summed E-state index contributed by atoms with van der Waals surface area (Å²) in [5.74, 6) is 5.04. The van der Waals surface area contributed by atoms with Crippen LogP contribution in [0.1, 0.15) is 111 Å². The molecule has 8 rings (SSSR count). The predicted molar refractivity (Wildman–Crippen MR) is 181 cm³/mol. The number of halogens is 2. The van der Waals surface area contributed by atoms with E-state index in [0.29, 0.717) is 34.5 Å². The van der Waals surface area contributed by atoms with E-state index in [1.54, 1.807) is 0 Å². The normalized spacial score (nSPS) is 36.2. The van der Waals surface area contributed by atoms with Crippen molar-refractivity contribution < 1.29 is 25.6 Å². The molecule has 0 amide bonds. The number of benzene rings is 2. The van der Waals surface area contributed by atoms with Gasteiger partial charge in [-0.25, -0.2) is 0 Å². The fourth-order valence-corrected chi connectivity index (χ4v) is 16.1. The van der Waals surface area contributed by atoms with Gasteiger partial charge in [0.25, 0.3) is 10.1 Å². The molecule has 0 aliphatic heterocycles. The molecule has 2 aromatic carbocycles. The van der Waals surface area contributed by atoms with Crippen LogP contribution >= 0.6 is 45.2 Å². The molecule has 0 heterocycles. The van der Waals surface area contributed by atoms with Crippen LogP contribution in [0.5, 0.6) is 5.75 Å². The van der Waals surface area contributed by atoms with Crippen molar-refractivity contribution in [3.63, 3.8) is 0 Å². The van der Waals surface area contributed by atoms with Gasteiger partial charge in [0.05, 0.1) is 0 Å². The van der Waals surface area contributed by atoms with Crippen molar-refractivity contribution in [2.24, 2.45) is 35.5 Å². The number of fused-ring (bicyclic) bond motifs is 6. The third-order valence-electron chi connectivity index (χ3n) is 12.3. The summed E-state index contributed by atoms with van der Waals surface area (Å²) in [6.07, 6.45) is 14.5. The maximum absolute atomic E-state index is 14.6. The van der Waals surface area contributed by atoms with Crippen LogP contribution in [0.2, 0.25) is 0 Å². The first kappa shape index (κ1) is 29.9. The van der Waals surface area contributed by atoms with Crippen LogP contribution in [0.4, 0.5) is 0 Å². The lowest BCUT2D eigenvalue weighted by molar-refractivity contribution is 0.392. The summed E-state index contributed by atoms with van der Waals surface area (Å²) >= 11 is 3.64. The van der Waals surface area contributed by atoms with Gasteiger partial charge in [-0.1, -0.05) is 31.4 Å². The molecule has 0 spiro atoms. The second-order valence-corrected chi connectivity index (χ2v) is 19.8. The van der Waals surface area contributed by atoms with Crippen LogP contribution in [0.3, 0.4) is 0 Å². The first-order valence-electron chi connectivity index (χ1n) is 16.0. The topological polar surface area (TPSA) is 97.7 Å². The van der Waals surface area contributed by atoms with Gasteiger partial charge < -0.3 is 4.18 Å². The van der Waals surface area contributed by atoms with Crippen LogP contribution in [0.25, 0.3) is 0 Å². The summed E-state index contributed by atoms with van der Waals surface area (Å²) in [6, 6.07) is 7.42. The molecule has 6 bridgehead atoms. The second-order valence-electron chi connectivity index (χ2n) is 14.6. The average molecular weight is 849 g/mol. The molecule has 0 aromatic heterocycles. The first-order valence-corrected chi connectivity index (χ1v) is 21.0. The monoisotopic (exact) mass is 848 g/mol. The van der Waals surface area contributed by atoms with Crippen molar-refractivity contribution >= 4 is 65.4 Å². The average Bonchev–Trinajstić information content (AvgIpc) is 3.79. The molecular weight excluding hydrogens is 810 g/mol. The lowest BCUT2D eigenvalue weighted by Crippen LogP contribution is -2.23. The van der Waals surface area contributed by atoms with Crippen LogP contribution in [0, 0.1) is 42.6 Å². The third-order valence-corrected chi connectivity index (χ3v) is 17.1. The molecule has 0 saturated heterocycles. The molecule has 6 fully saturated rings. The van der Waals surface area contributed by atoms with Gasteiger partial charge in [0.1, 0.15) is 15.5 Å². The Balaban J connectivity index is 1.28. The Kier molecular flexibility index (Phi) is 7.52. The predicted octanol–water partition coefficient (Wildman–Crippen LogP) is 8.62. The zero-order chi connectivity index (χ0) is 29.8. The van der Waals surface area contributed by atoms with E-state index in [4.69, 9.17) is 4.18 Å². The number of hydrogen-bond donors (Lipinski definition) is 1. The van der Waals surface area contributed by atoms with E-state index in [1.165, 1.54) is 81.9 Å². The minimum Gasteiger partial charge on any atom is -0.379 e. The zero-order valence-corrected chi connectivity index (χ0v) is 30.0. The van der Waals surface area contributed by atoms with Crippen molar-refractivity contribution in [2.75, 3.05) is 0 Å². The van der Waals surface area contributed by atoms with Gasteiger partial charge in [0, 0.05) is 7.14 Å². The molecule has 1 N–H and O–H groups in total. The minimum absolute atomic E-state index is 0.0798. The second kappa shape index (κ2) is 10.8. The molecular formula is C33H38I2O6S2. The van der Waals surface area contributed by atoms with E-state index in [0.717, 1.165) is 35.8 Å². The lowest BCUT2D eigenvalue weighted by Gasteiger charge is -2.32. The lowest BCUT2D eigenvalue weighted by atomic mass is 9.75. The Morgan fingerprint density at radius 3 is 1.42 bits per heavy atom. The van der Waals surface area contributed by atoms with Crippen LogP contribution < -0.4 is 4.18 Å². The molecule has 2 aromatic rings. The standard InChI is InChI=1S/C33H38I2O6S2/c34-30-15-24(16-31(35)33(30)42(36,37)38)41-43(39,40)32-28(26-11-18-2-5-21(26)8-18)13-23(25-10-17-1-4-20(25)7-17)14-29(32)27-12-19-3-6-22(27)9-19/h13-22,25-27H,1-12H2,(H,36,37,38). The number of hydrogen-bond acceptors (Lipinski definition) is 5. The van der Waals surface area contributed by atoms with Gasteiger partial charge in [0.2, 0.25) is 0 Å². The van der Waals surface area contributed by atoms with E-state index in [-0.39, 0.29) is 29.6 Å². The summed E-state index contributed by atoms with van der Waals surface area (Å²) in [4.78, 5) is 0.192. The van der Waals surface area contributed by atoms with Crippen LogP contribution in [-0.2, 0) is 20.2 Å². The molecule has 9 atom stereocenters. The first-order chi connectivity index (χ1) is 20.4. The summed E-state index contributed by atoms with van der Waals surface area (Å²) in [6.45, 7) is 0. The van der Waals surface area contributed by atoms with Crippen molar-refractivity contribution in [2.45, 2.75) is 105 Å². The van der Waals surface area contributed by atoms with Gasteiger partial charge in [0.15, 0.2) is 0 Å². The summed E-state index contributed by atoms with van der Waals surface area (Å²) in [5.41, 5.74) is 3.39.